The van der Waals surface area contributed by atoms with Crippen molar-refractivity contribution in [3.63, 3.8) is 0 Å². The number of halogens is 1. The van der Waals surface area contributed by atoms with Gasteiger partial charge in [-0.15, -0.1) is 0 Å². The van der Waals surface area contributed by atoms with Crippen LogP contribution in [0.15, 0.2) is 36.4 Å². The van der Waals surface area contributed by atoms with Gasteiger partial charge in [-0.05, 0) is 34.9 Å². The Kier molecular flexibility index (Phi) is 4.01. The molecule has 2 aromatic carbocycles. The number of benzene rings is 2. The number of ether oxygens (including phenoxy) is 1. The molecule has 0 saturated carbocycles. The molecule has 0 amide bonds. The highest BCUT2D eigenvalue weighted by Crippen LogP contribution is 2.21. The van der Waals surface area contributed by atoms with Gasteiger partial charge in [0.15, 0.2) is 0 Å². The third kappa shape index (κ3) is 2.65. The van der Waals surface area contributed by atoms with Gasteiger partial charge in [0, 0.05) is 29.4 Å². The second kappa shape index (κ2) is 5.50. The maximum absolute atomic E-state index is 5.21. The van der Waals surface area contributed by atoms with Crippen LogP contribution in [0.1, 0.15) is 5.56 Å². The normalized spacial score (nSPS) is 10.6. The molecule has 0 aliphatic rings. The second-order valence-corrected chi connectivity index (χ2v) is 4.44. The van der Waals surface area contributed by atoms with Crippen molar-refractivity contribution < 1.29 is 4.74 Å². The fourth-order valence-electron chi connectivity index (χ4n) is 1.75. The summed E-state index contributed by atoms with van der Waals surface area (Å²) in [4.78, 5) is 0. The topological polar surface area (TPSA) is 21.3 Å². The number of methoxy groups -OCH3 is 1. The van der Waals surface area contributed by atoms with E-state index in [0.29, 0.717) is 0 Å². The van der Waals surface area contributed by atoms with Gasteiger partial charge in [0.2, 0.25) is 0 Å². The van der Waals surface area contributed by atoms with Crippen molar-refractivity contribution in [2.75, 3.05) is 13.7 Å². The molecule has 0 fully saturated rings. The second-order valence-electron chi connectivity index (χ2n) is 3.68. The first-order valence-electron chi connectivity index (χ1n) is 5.23. The van der Waals surface area contributed by atoms with Gasteiger partial charge in [-0.3, -0.25) is 3.53 Å². The summed E-state index contributed by atoms with van der Waals surface area (Å²) in [7, 11) is 1.70. The molecular weight excluding hydrogens is 313 g/mol. The number of hydrogen-bond donors (Lipinski definition) is 1. The van der Waals surface area contributed by atoms with Crippen molar-refractivity contribution in [1.82, 2.24) is 3.53 Å². The molecule has 0 bridgehead atoms. The van der Waals surface area contributed by atoms with Crippen LogP contribution in [0.25, 0.3) is 10.8 Å². The fourth-order valence-corrected chi connectivity index (χ4v) is 2.02. The molecule has 0 radical (unpaired) electrons. The van der Waals surface area contributed by atoms with E-state index in [1.807, 2.05) is 6.07 Å². The van der Waals surface area contributed by atoms with Crippen LogP contribution in [-0.4, -0.2) is 13.7 Å². The molecule has 3 heteroatoms. The Bertz CT molecular complexity index is 484. The minimum absolute atomic E-state index is 0.911. The minimum Gasteiger partial charge on any atom is -0.497 e. The summed E-state index contributed by atoms with van der Waals surface area (Å²) >= 11 is 2.18. The Morgan fingerprint density at radius 3 is 2.62 bits per heavy atom. The lowest BCUT2D eigenvalue weighted by molar-refractivity contribution is 0.415. The molecular formula is C13H14INO. The summed E-state index contributed by atoms with van der Waals surface area (Å²) in [6.45, 7) is 1.00. The van der Waals surface area contributed by atoms with E-state index >= 15 is 0 Å². The smallest absolute Gasteiger partial charge is 0.119 e. The molecule has 0 saturated heterocycles. The average Bonchev–Trinajstić information content (AvgIpc) is 2.35. The number of rotatable bonds is 4. The Balaban J connectivity index is 2.32. The maximum atomic E-state index is 5.21. The molecule has 0 atom stereocenters. The van der Waals surface area contributed by atoms with Gasteiger partial charge in [-0.2, -0.15) is 0 Å². The Labute approximate surface area is 109 Å². The number of nitrogens with one attached hydrogen (secondary N) is 1. The highest BCUT2D eigenvalue weighted by atomic mass is 127. The maximum Gasteiger partial charge on any atom is 0.119 e. The molecule has 1 N–H and O–H groups in total. The van der Waals surface area contributed by atoms with Crippen LogP contribution in [0.2, 0.25) is 0 Å². The first kappa shape index (κ1) is 11.7. The quantitative estimate of drug-likeness (QED) is 0.687. The molecule has 0 heterocycles. The van der Waals surface area contributed by atoms with Crippen LogP contribution in [-0.2, 0) is 6.42 Å². The van der Waals surface area contributed by atoms with Crippen molar-refractivity contribution in [2.45, 2.75) is 6.42 Å². The Hall–Kier alpha value is -0.810. The summed E-state index contributed by atoms with van der Waals surface area (Å²) in [5.41, 5.74) is 1.36. The van der Waals surface area contributed by atoms with Crippen molar-refractivity contribution >= 4 is 33.6 Å². The highest BCUT2D eigenvalue weighted by molar-refractivity contribution is 14.1. The van der Waals surface area contributed by atoms with Gasteiger partial charge in [0.25, 0.3) is 0 Å². The zero-order valence-electron chi connectivity index (χ0n) is 9.16. The van der Waals surface area contributed by atoms with Crippen LogP contribution in [0, 0.1) is 0 Å². The van der Waals surface area contributed by atoms with E-state index in [9.17, 15) is 0 Å². The minimum atomic E-state index is 0.911. The fraction of sp³-hybridized carbons (Fsp3) is 0.231. The van der Waals surface area contributed by atoms with E-state index in [-0.39, 0.29) is 0 Å². The van der Waals surface area contributed by atoms with Crippen LogP contribution < -0.4 is 8.27 Å². The van der Waals surface area contributed by atoms with Crippen LogP contribution >= 0.6 is 22.9 Å². The first-order chi connectivity index (χ1) is 7.83. The Morgan fingerprint density at radius 1 is 1.12 bits per heavy atom. The van der Waals surface area contributed by atoms with Gasteiger partial charge in [-0.25, -0.2) is 0 Å². The van der Waals surface area contributed by atoms with Crippen molar-refractivity contribution in [2.24, 2.45) is 0 Å². The van der Waals surface area contributed by atoms with Crippen LogP contribution in [0.5, 0.6) is 5.75 Å². The van der Waals surface area contributed by atoms with Crippen molar-refractivity contribution in [3.05, 3.63) is 42.0 Å². The van der Waals surface area contributed by atoms with Gasteiger partial charge in [0.1, 0.15) is 5.75 Å². The molecule has 0 spiro atoms. The summed E-state index contributed by atoms with van der Waals surface area (Å²) < 4.78 is 8.34. The molecule has 84 valence electrons. The molecule has 2 aromatic rings. The zero-order valence-corrected chi connectivity index (χ0v) is 11.3. The number of hydrogen-bond acceptors (Lipinski definition) is 2. The summed E-state index contributed by atoms with van der Waals surface area (Å²) in [6.07, 6.45) is 1.06. The predicted molar refractivity (Wildman–Crippen MR) is 76.2 cm³/mol. The summed E-state index contributed by atoms with van der Waals surface area (Å²) in [5, 5.41) is 2.50. The van der Waals surface area contributed by atoms with Gasteiger partial charge in [0.05, 0.1) is 7.11 Å². The first-order valence-corrected chi connectivity index (χ1v) is 6.31. The van der Waals surface area contributed by atoms with Crippen LogP contribution in [0.4, 0.5) is 0 Å². The molecule has 16 heavy (non-hydrogen) atoms. The molecule has 0 aliphatic heterocycles. The van der Waals surface area contributed by atoms with E-state index < -0.39 is 0 Å². The Morgan fingerprint density at radius 2 is 1.88 bits per heavy atom. The lowest BCUT2D eigenvalue weighted by atomic mass is 10.0. The highest BCUT2D eigenvalue weighted by Gasteiger charge is 1.98. The average molecular weight is 327 g/mol. The predicted octanol–water partition coefficient (Wildman–Crippen LogP) is 3.33. The van der Waals surface area contributed by atoms with Gasteiger partial charge in [-0.1, -0.05) is 24.3 Å². The number of fused-ring (bicyclic) bond motifs is 1. The van der Waals surface area contributed by atoms with Gasteiger partial charge < -0.3 is 4.74 Å². The molecule has 0 unspecified atom stereocenters. The van der Waals surface area contributed by atoms with E-state index in [1.165, 1.54) is 16.3 Å². The summed E-state index contributed by atoms with van der Waals surface area (Å²) in [6, 6.07) is 12.7. The third-order valence-electron chi connectivity index (χ3n) is 2.62. The third-order valence-corrected chi connectivity index (χ3v) is 3.16. The lowest BCUT2D eigenvalue weighted by Gasteiger charge is -2.05. The zero-order chi connectivity index (χ0) is 11.4. The van der Waals surface area contributed by atoms with Crippen molar-refractivity contribution in [1.29, 1.82) is 0 Å². The molecule has 2 rings (SSSR count). The lowest BCUT2D eigenvalue weighted by Crippen LogP contribution is -2.03. The SMILES string of the molecule is COc1ccc2cc(CCNI)ccc2c1. The van der Waals surface area contributed by atoms with E-state index in [0.717, 1.165) is 18.7 Å². The summed E-state index contributed by atoms with van der Waals surface area (Å²) in [5.74, 6) is 0.911. The monoisotopic (exact) mass is 327 g/mol. The largest absolute Gasteiger partial charge is 0.497 e. The molecule has 0 aromatic heterocycles. The van der Waals surface area contributed by atoms with E-state index in [4.69, 9.17) is 4.74 Å². The van der Waals surface area contributed by atoms with Crippen molar-refractivity contribution in [3.8, 4) is 5.75 Å². The van der Waals surface area contributed by atoms with Gasteiger partial charge >= 0.3 is 0 Å². The molecule has 2 nitrogen and oxygen atoms in total. The standard InChI is InChI=1S/C13H14INO/c1-16-13-5-4-11-8-10(6-7-15-14)2-3-12(11)9-13/h2-5,8-9,15H,6-7H2,1H3. The van der Waals surface area contributed by atoms with E-state index in [1.54, 1.807) is 7.11 Å². The van der Waals surface area contributed by atoms with Crippen LogP contribution in [0.3, 0.4) is 0 Å². The van der Waals surface area contributed by atoms with E-state index in [2.05, 4.69) is 56.7 Å². The molecule has 0 aliphatic carbocycles.